The Balaban J connectivity index is 2.45. The summed E-state index contributed by atoms with van der Waals surface area (Å²) in [6.07, 6.45) is 2.76. The summed E-state index contributed by atoms with van der Waals surface area (Å²) in [5, 5.41) is 0. The molecule has 2 unspecified atom stereocenters. The van der Waals surface area contributed by atoms with Crippen molar-refractivity contribution in [3.63, 3.8) is 0 Å². The molecule has 2 atom stereocenters. The highest BCUT2D eigenvalue weighted by Crippen LogP contribution is 2.29. The van der Waals surface area contributed by atoms with Gasteiger partial charge in [0, 0.05) is 24.7 Å². The van der Waals surface area contributed by atoms with Gasteiger partial charge in [-0.3, -0.25) is 4.90 Å². The van der Waals surface area contributed by atoms with E-state index < -0.39 is 0 Å². The van der Waals surface area contributed by atoms with Crippen LogP contribution < -0.4 is 5.73 Å². The topological polar surface area (TPSA) is 29.3 Å². The maximum Gasteiger partial charge on any atom is 0.0219 e. The molecule has 0 aromatic rings. The van der Waals surface area contributed by atoms with E-state index in [1.807, 2.05) is 0 Å². The molecule has 0 saturated heterocycles. The summed E-state index contributed by atoms with van der Waals surface area (Å²) < 4.78 is 0. The minimum absolute atomic E-state index is 0.291. The molecule has 0 heterocycles. The Morgan fingerprint density at radius 1 is 1.23 bits per heavy atom. The molecule has 0 aromatic carbocycles. The fourth-order valence-corrected chi connectivity index (χ4v) is 1.78. The summed E-state index contributed by atoms with van der Waals surface area (Å²) in [4.78, 5) is 2.59. The SMILES string of the molecule is CC(C)CN(C1CC1)C(C)C(C)N. The van der Waals surface area contributed by atoms with Gasteiger partial charge in [0.2, 0.25) is 0 Å². The highest BCUT2D eigenvalue weighted by Gasteiger charge is 2.33. The van der Waals surface area contributed by atoms with Crippen LogP contribution in [-0.2, 0) is 0 Å². The van der Waals surface area contributed by atoms with E-state index in [1.54, 1.807) is 0 Å². The summed E-state index contributed by atoms with van der Waals surface area (Å²) in [6.45, 7) is 10.1. The molecule has 13 heavy (non-hydrogen) atoms. The standard InChI is InChI=1S/C11H24N2/c1-8(2)7-13(11-5-6-11)10(4)9(3)12/h8-11H,5-7,12H2,1-4H3. The van der Waals surface area contributed by atoms with E-state index in [4.69, 9.17) is 5.73 Å². The normalized spacial score (nSPS) is 22.4. The van der Waals surface area contributed by atoms with Crippen molar-refractivity contribution in [3.8, 4) is 0 Å². The first-order valence-corrected chi connectivity index (χ1v) is 5.53. The Hall–Kier alpha value is -0.0800. The molecule has 1 aliphatic carbocycles. The number of rotatable bonds is 5. The van der Waals surface area contributed by atoms with Crippen LogP contribution in [-0.4, -0.2) is 29.6 Å². The van der Waals surface area contributed by atoms with Crippen LogP contribution >= 0.6 is 0 Å². The zero-order valence-electron chi connectivity index (χ0n) is 9.46. The third kappa shape index (κ3) is 3.28. The van der Waals surface area contributed by atoms with Crippen LogP contribution in [0.5, 0.6) is 0 Å². The molecule has 1 fully saturated rings. The van der Waals surface area contributed by atoms with Crippen molar-refractivity contribution >= 4 is 0 Å². The van der Waals surface area contributed by atoms with Crippen LogP contribution in [0.4, 0.5) is 0 Å². The van der Waals surface area contributed by atoms with Crippen LogP contribution in [0.2, 0.25) is 0 Å². The van der Waals surface area contributed by atoms with Gasteiger partial charge < -0.3 is 5.73 Å². The van der Waals surface area contributed by atoms with Crippen molar-refractivity contribution in [3.05, 3.63) is 0 Å². The first-order valence-electron chi connectivity index (χ1n) is 5.53. The van der Waals surface area contributed by atoms with E-state index in [0.717, 1.165) is 12.0 Å². The largest absolute Gasteiger partial charge is 0.327 e. The second-order valence-corrected chi connectivity index (χ2v) is 4.92. The lowest BCUT2D eigenvalue weighted by atomic mass is 10.1. The molecule has 0 bridgehead atoms. The van der Waals surface area contributed by atoms with Gasteiger partial charge in [0.1, 0.15) is 0 Å². The highest BCUT2D eigenvalue weighted by atomic mass is 15.2. The molecule has 0 amide bonds. The molecular formula is C11H24N2. The van der Waals surface area contributed by atoms with Crippen molar-refractivity contribution in [2.24, 2.45) is 11.7 Å². The maximum absolute atomic E-state index is 5.94. The van der Waals surface area contributed by atoms with Crippen LogP contribution in [0.3, 0.4) is 0 Å². The zero-order valence-corrected chi connectivity index (χ0v) is 9.46. The summed E-state index contributed by atoms with van der Waals surface area (Å²) >= 11 is 0. The van der Waals surface area contributed by atoms with Gasteiger partial charge in [0.05, 0.1) is 0 Å². The van der Waals surface area contributed by atoms with Gasteiger partial charge in [0.15, 0.2) is 0 Å². The number of nitrogens with two attached hydrogens (primary N) is 1. The van der Waals surface area contributed by atoms with Crippen molar-refractivity contribution in [1.82, 2.24) is 4.90 Å². The molecule has 0 spiro atoms. The smallest absolute Gasteiger partial charge is 0.0219 e. The average molecular weight is 184 g/mol. The first-order chi connectivity index (χ1) is 6.02. The van der Waals surface area contributed by atoms with Crippen LogP contribution in [0.15, 0.2) is 0 Å². The molecule has 1 rings (SSSR count). The molecule has 2 nitrogen and oxygen atoms in total. The lowest BCUT2D eigenvalue weighted by Gasteiger charge is -2.33. The number of nitrogens with zero attached hydrogens (tertiary/aromatic N) is 1. The molecule has 0 aliphatic heterocycles. The van der Waals surface area contributed by atoms with Crippen LogP contribution in [0.1, 0.15) is 40.5 Å². The molecular weight excluding hydrogens is 160 g/mol. The van der Waals surface area contributed by atoms with E-state index in [9.17, 15) is 0 Å². The third-order valence-electron chi connectivity index (χ3n) is 2.88. The fraction of sp³-hybridized carbons (Fsp3) is 1.00. The average Bonchev–Trinajstić information content (AvgIpc) is 2.80. The van der Waals surface area contributed by atoms with E-state index >= 15 is 0 Å². The Morgan fingerprint density at radius 3 is 2.08 bits per heavy atom. The second-order valence-electron chi connectivity index (χ2n) is 4.92. The van der Waals surface area contributed by atoms with Gasteiger partial charge >= 0.3 is 0 Å². The van der Waals surface area contributed by atoms with Gasteiger partial charge in [-0.1, -0.05) is 13.8 Å². The van der Waals surface area contributed by atoms with Gasteiger partial charge in [-0.25, -0.2) is 0 Å². The molecule has 1 saturated carbocycles. The molecule has 78 valence electrons. The van der Waals surface area contributed by atoms with Crippen molar-refractivity contribution < 1.29 is 0 Å². The van der Waals surface area contributed by atoms with Gasteiger partial charge in [-0.05, 0) is 32.6 Å². The quantitative estimate of drug-likeness (QED) is 0.706. The summed E-state index contributed by atoms with van der Waals surface area (Å²) in [5.41, 5.74) is 5.94. The number of hydrogen-bond acceptors (Lipinski definition) is 2. The summed E-state index contributed by atoms with van der Waals surface area (Å²) in [6, 6.07) is 1.66. The van der Waals surface area contributed by atoms with Gasteiger partial charge in [-0.15, -0.1) is 0 Å². The van der Waals surface area contributed by atoms with Crippen LogP contribution in [0.25, 0.3) is 0 Å². The van der Waals surface area contributed by atoms with E-state index in [1.165, 1.54) is 19.4 Å². The van der Waals surface area contributed by atoms with E-state index in [-0.39, 0.29) is 0 Å². The van der Waals surface area contributed by atoms with Crippen molar-refractivity contribution in [2.75, 3.05) is 6.54 Å². The predicted molar refractivity (Wildman–Crippen MR) is 57.7 cm³/mol. The predicted octanol–water partition coefficient (Wildman–Crippen LogP) is 1.84. The first kappa shape index (κ1) is 11.0. The molecule has 0 radical (unpaired) electrons. The maximum atomic E-state index is 5.94. The Morgan fingerprint density at radius 2 is 1.77 bits per heavy atom. The lowest BCUT2D eigenvalue weighted by Crippen LogP contribution is -2.47. The van der Waals surface area contributed by atoms with E-state index in [0.29, 0.717) is 12.1 Å². The van der Waals surface area contributed by atoms with Crippen LogP contribution in [0, 0.1) is 5.92 Å². The third-order valence-corrected chi connectivity index (χ3v) is 2.88. The Kier molecular flexibility index (Phi) is 3.74. The van der Waals surface area contributed by atoms with Gasteiger partial charge in [-0.2, -0.15) is 0 Å². The Labute approximate surface area is 82.5 Å². The summed E-state index contributed by atoms with van der Waals surface area (Å²) in [5.74, 6) is 0.752. The minimum Gasteiger partial charge on any atom is -0.327 e. The summed E-state index contributed by atoms with van der Waals surface area (Å²) in [7, 11) is 0. The Bertz CT molecular complexity index is 150. The fourth-order valence-electron chi connectivity index (χ4n) is 1.78. The minimum atomic E-state index is 0.291. The zero-order chi connectivity index (χ0) is 10.0. The van der Waals surface area contributed by atoms with E-state index in [2.05, 4.69) is 32.6 Å². The van der Waals surface area contributed by atoms with Gasteiger partial charge in [0.25, 0.3) is 0 Å². The van der Waals surface area contributed by atoms with Crippen molar-refractivity contribution in [2.45, 2.75) is 58.7 Å². The molecule has 0 aromatic heterocycles. The monoisotopic (exact) mass is 184 g/mol. The molecule has 2 heteroatoms. The van der Waals surface area contributed by atoms with Crippen molar-refractivity contribution in [1.29, 1.82) is 0 Å². The second kappa shape index (κ2) is 4.43. The lowest BCUT2D eigenvalue weighted by molar-refractivity contribution is 0.159. The highest BCUT2D eigenvalue weighted by molar-refractivity contribution is 4.90. The molecule has 1 aliphatic rings. The molecule has 2 N–H and O–H groups in total. The number of hydrogen-bond donors (Lipinski definition) is 1.